The summed E-state index contributed by atoms with van der Waals surface area (Å²) in [6.45, 7) is 2.60. The molecule has 0 aromatic heterocycles. The molecule has 37 heavy (non-hydrogen) atoms. The first-order valence-electron chi connectivity index (χ1n) is 12.1. The zero-order valence-electron chi connectivity index (χ0n) is 20.3. The molecule has 3 aromatic rings. The molecule has 2 fully saturated rings. The van der Waals surface area contributed by atoms with Crippen LogP contribution in [0.25, 0.3) is 11.1 Å². The Morgan fingerprint density at radius 1 is 0.919 bits per heavy atom. The Hall–Kier alpha value is -3.10. The number of carbonyl (C=O) groups is 1. The number of aliphatic hydroxyl groups excluding tert-OH is 1. The molecule has 2 N–H and O–H groups in total. The Balaban J connectivity index is 1.21. The minimum atomic E-state index is -0.829. The molecule has 0 bridgehead atoms. The van der Waals surface area contributed by atoms with Gasteiger partial charge in [0.2, 0.25) is 0 Å². The van der Waals surface area contributed by atoms with E-state index in [9.17, 15) is 15.0 Å². The molecule has 2 aliphatic rings. The van der Waals surface area contributed by atoms with Gasteiger partial charge in [-0.05, 0) is 53.1 Å². The van der Waals surface area contributed by atoms with Crippen molar-refractivity contribution >= 4 is 17.6 Å². The SMILES string of the molecule is O=C(O)CC1(c2ccc(OCc3cccc(-c4ccc(OCC5(CO)COC5)cc4Cl)c3)cc2)COC1. The first-order chi connectivity index (χ1) is 17.9. The Labute approximate surface area is 220 Å². The highest BCUT2D eigenvalue weighted by Gasteiger charge is 2.42. The van der Waals surface area contributed by atoms with Crippen molar-refractivity contribution in [1.82, 2.24) is 0 Å². The van der Waals surface area contributed by atoms with Gasteiger partial charge in [0.25, 0.3) is 0 Å². The van der Waals surface area contributed by atoms with Gasteiger partial charge in [0.1, 0.15) is 24.7 Å². The third-order valence-electron chi connectivity index (χ3n) is 6.99. The van der Waals surface area contributed by atoms with Crippen molar-refractivity contribution < 1.29 is 34.0 Å². The van der Waals surface area contributed by atoms with Crippen LogP contribution in [0.15, 0.2) is 66.7 Å². The van der Waals surface area contributed by atoms with Crippen LogP contribution in [0.2, 0.25) is 5.02 Å². The molecule has 0 unspecified atom stereocenters. The maximum atomic E-state index is 11.3. The highest BCUT2D eigenvalue weighted by atomic mass is 35.5. The van der Waals surface area contributed by atoms with Crippen LogP contribution in [0.3, 0.4) is 0 Å². The topological polar surface area (TPSA) is 94.5 Å². The third kappa shape index (κ3) is 5.60. The number of aliphatic hydroxyl groups is 1. The van der Waals surface area contributed by atoms with Crippen LogP contribution in [0.4, 0.5) is 0 Å². The van der Waals surface area contributed by atoms with Crippen molar-refractivity contribution in [3.05, 3.63) is 82.9 Å². The van der Waals surface area contributed by atoms with Gasteiger partial charge in [-0.3, -0.25) is 4.79 Å². The van der Waals surface area contributed by atoms with E-state index < -0.39 is 11.4 Å². The summed E-state index contributed by atoms with van der Waals surface area (Å²) in [4.78, 5) is 11.3. The monoisotopic (exact) mass is 524 g/mol. The second-order valence-corrected chi connectivity index (χ2v) is 10.3. The highest BCUT2D eigenvalue weighted by Crippen LogP contribution is 2.37. The molecule has 2 aliphatic heterocycles. The van der Waals surface area contributed by atoms with Gasteiger partial charge in [0.05, 0.1) is 55.3 Å². The van der Waals surface area contributed by atoms with Crippen LogP contribution in [0, 0.1) is 5.41 Å². The van der Waals surface area contributed by atoms with E-state index in [1.165, 1.54) is 0 Å². The fraction of sp³-hybridized carbons (Fsp3) is 0.345. The van der Waals surface area contributed by atoms with Gasteiger partial charge in [-0.2, -0.15) is 0 Å². The molecule has 8 heteroatoms. The molecule has 2 saturated heterocycles. The van der Waals surface area contributed by atoms with Gasteiger partial charge < -0.3 is 29.2 Å². The van der Waals surface area contributed by atoms with Gasteiger partial charge in [-0.1, -0.05) is 41.9 Å². The largest absolute Gasteiger partial charge is 0.493 e. The first-order valence-corrected chi connectivity index (χ1v) is 12.5. The number of halogens is 1. The van der Waals surface area contributed by atoms with Crippen molar-refractivity contribution in [3.63, 3.8) is 0 Å². The zero-order valence-corrected chi connectivity index (χ0v) is 21.1. The summed E-state index contributed by atoms with van der Waals surface area (Å²) in [5.74, 6) is 0.525. The van der Waals surface area contributed by atoms with Crippen LogP contribution in [-0.2, 0) is 26.3 Å². The van der Waals surface area contributed by atoms with Crippen molar-refractivity contribution in [3.8, 4) is 22.6 Å². The molecule has 0 spiro atoms. The molecule has 0 atom stereocenters. The molecule has 0 saturated carbocycles. The fourth-order valence-electron chi connectivity index (χ4n) is 4.58. The number of rotatable bonds is 11. The van der Waals surface area contributed by atoms with Gasteiger partial charge >= 0.3 is 5.97 Å². The number of benzene rings is 3. The molecule has 5 rings (SSSR count). The van der Waals surface area contributed by atoms with Crippen LogP contribution >= 0.6 is 11.6 Å². The summed E-state index contributed by atoms with van der Waals surface area (Å²) >= 11 is 6.59. The van der Waals surface area contributed by atoms with E-state index in [2.05, 4.69) is 0 Å². The number of hydrogen-bond donors (Lipinski definition) is 2. The summed E-state index contributed by atoms with van der Waals surface area (Å²) in [6.07, 6.45) is 0.0497. The number of ether oxygens (including phenoxy) is 4. The lowest BCUT2D eigenvalue weighted by Crippen LogP contribution is -2.49. The van der Waals surface area contributed by atoms with Gasteiger partial charge in [0.15, 0.2) is 0 Å². The second-order valence-electron chi connectivity index (χ2n) is 9.94. The van der Waals surface area contributed by atoms with E-state index >= 15 is 0 Å². The maximum absolute atomic E-state index is 11.3. The molecule has 7 nitrogen and oxygen atoms in total. The molecule has 0 radical (unpaired) electrons. The summed E-state index contributed by atoms with van der Waals surface area (Å²) in [7, 11) is 0. The van der Waals surface area contributed by atoms with E-state index in [0.29, 0.717) is 56.2 Å². The number of aliphatic carboxylic acids is 1. The standard InChI is InChI=1S/C29H29ClO7/c30-26-11-24(37-17-28(14-31)15-34-16-28)8-9-25(26)21-3-1-2-20(10-21)13-36-23-6-4-22(5-7-23)29(12-27(32)33)18-35-19-29/h1-11,31H,12-19H2,(H,32,33). The van der Waals surface area contributed by atoms with Crippen LogP contribution in [0.5, 0.6) is 11.5 Å². The Morgan fingerprint density at radius 2 is 1.65 bits per heavy atom. The van der Waals surface area contributed by atoms with E-state index in [0.717, 1.165) is 22.3 Å². The Morgan fingerprint density at radius 3 is 2.24 bits per heavy atom. The average Bonchev–Trinajstić information content (AvgIpc) is 2.85. The molecular formula is C29H29ClO7. The highest BCUT2D eigenvalue weighted by molar-refractivity contribution is 6.33. The van der Waals surface area contributed by atoms with E-state index in [-0.39, 0.29) is 18.4 Å². The van der Waals surface area contributed by atoms with Gasteiger partial charge in [-0.15, -0.1) is 0 Å². The number of carboxylic acid groups (broad SMARTS) is 1. The lowest BCUT2D eigenvalue weighted by molar-refractivity contribution is -0.153. The van der Waals surface area contributed by atoms with Crippen molar-refractivity contribution in [2.24, 2.45) is 5.41 Å². The predicted octanol–water partition coefficient (Wildman–Crippen LogP) is 4.72. The Bertz CT molecular complexity index is 1240. The van der Waals surface area contributed by atoms with E-state index in [1.54, 1.807) is 6.07 Å². The van der Waals surface area contributed by atoms with Crippen molar-refractivity contribution in [2.45, 2.75) is 18.4 Å². The van der Waals surface area contributed by atoms with Crippen molar-refractivity contribution in [1.29, 1.82) is 0 Å². The Kier molecular flexibility index (Phi) is 7.40. The minimum absolute atomic E-state index is 0.0261. The molecular weight excluding hydrogens is 496 g/mol. The summed E-state index contributed by atoms with van der Waals surface area (Å²) in [5, 5.41) is 19.4. The summed E-state index contributed by atoms with van der Waals surface area (Å²) in [5.41, 5.74) is 3.01. The minimum Gasteiger partial charge on any atom is -0.493 e. The number of hydrogen-bond acceptors (Lipinski definition) is 6. The second kappa shape index (κ2) is 10.7. The maximum Gasteiger partial charge on any atom is 0.304 e. The summed E-state index contributed by atoms with van der Waals surface area (Å²) in [6, 6.07) is 21.2. The zero-order chi connectivity index (χ0) is 25.9. The quantitative estimate of drug-likeness (QED) is 0.375. The van der Waals surface area contributed by atoms with Crippen molar-refractivity contribution in [2.75, 3.05) is 39.6 Å². The van der Waals surface area contributed by atoms with Gasteiger partial charge in [-0.25, -0.2) is 0 Å². The van der Waals surface area contributed by atoms with Crippen LogP contribution < -0.4 is 9.47 Å². The average molecular weight is 525 g/mol. The molecule has 2 heterocycles. The summed E-state index contributed by atoms with van der Waals surface area (Å²) < 4.78 is 22.4. The van der Waals surface area contributed by atoms with Crippen LogP contribution in [-0.4, -0.2) is 55.8 Å². The lowest BCUT2D eigenvalue weighted by atomic mass is 9.76. The number of carboxylic acids is 1. The predicted molar refractivity (Wildman–Crippen MR) is 138 cm³/mol. The first kappa shape index (κ1) is 25.5. The normalized spacial score (nSPS) is 17.4. The third-order valence-corrected chi connectivity index (χ3v) is 7.31. The van der Waals surface area contributed by atoms with Crippen LogP contribution in [0.1, 0.15) is 17.5 Å². The molecule has 194 valence electrons. The van der Waals surface area contributed by atoms with E-state index in [4.69, 9.17) is 30.5 Å². The van der Waals surface area contributed by atoms with E-state index in [1.807, 2.05) is 60.7 Å². The fourth-order valence-corrected chi connectivity index (χ4v) is 4.86. The molecule has 0 aliphatic carbocycles. The van der Waals surface area contributed by atoms with Gasteiger partial charge in [0, 0.05) is 5.56 Å². The molecule has 3 aromatic carbocycles. The lowest BCUT2D eigenvalue weighted by Gasteiger charge is -2.40. The molecule has 0 amide bonds. The smallest absolute Gasteiger partial charge is 0.304 e.